The van der Waals surface area contributed by atoms with Crippen molar-refractivity contribution < 1.29 is 22.7 Å². The number of aromatic nitrogens is 5. The van der Waals surface area contributed by atoms with E-state index < -0.39 is 41.0 Å². The third-order valence-corrected chi connectivity index (χ3v) is 5.47. The van der Waals surface area contributed by atoms with Crippen molar-refractivity contribution in [3.8, 4) is 11.1 Å². The molecule has 0 saturated heterocycles. The molecular weight excluding hydrogens is 494 g/mol. The summed E-state index contributed by atoms with van der Waals surface area (Å²) in [5, 5.41) is 21.3. The highest BCUT2D eigenvalue weighted by atomic mass is 79.9. The van der Waals surface area contributed by atoms with Crippen LogP contribution < -0.4 is 0 Å². The Morgan fingerprint density at radius 3 is 2.28 bits per heavy atom. The summed E-state index contributed by atoms with van der Waals surface area (Å²) < 4.78 is 61.0. The lowest BCUT2D eigenvalue weighted by atomic mass is 9.84. The van der Waals surface area contributed by atoms with Gasteiger partial charge in [0.15, 0.2) is 5.60 Å². The summed E-state index contributed by atoms with van der Waals surface area (Å²) in [6.45, 7) is -0.911. The quantitative estimate of drug-likeness (QED) is 0.390. The number of benzene rings is 2. The van der Waals surface area contributed by atoms with Crippen LogP contribution in [0.5, 0.6) is 0 Å². The summed E-state index contributed by atoms with van der Waals surface area (Å²) in [5.41, 5.74) is -3.50. The molecule has 4 aromatic rings. The Labute approximate surface area is 187 Å². The number of nitrogens with zero attached hydrogens (tertiary/aromatic N) is 5. The van der Waals surface area contributed by atoms with Crippen molar-refractivity contribution in [2.24, 2.45) is 0 Å². The van der Waals surface area contributed by atoms with Crippen molar-refractivity contribution in [3.05, 3.63) is 94.5 Å². The molecule has 2 aromatic carbocycles. The van der Waals surface area contributed by atoms with Crippen LogP contribution in [0.1, 0.15) is 11.3 Å². The maximum atomic E-state index is 15.7. The highest BCUT2D eigenvalue weighted by molar-refractivity contribution is 9.10. The molecule has 1 N–H and O–H groups in total. The van der Waals surface area contributed by atoms with Crippen molar-refractivity contribution >= 4 is 15.9 Å². The topological polar surface area (TPSA) is 76.7 Å². The summed E-state index contributed by atoms with van der Waals surface area (Å²) in [5.74, 6) is -6.42. The van der Waals surface area contributed by atoms with E-state index in [1.165, 1.54) is 12.3 Å². The van der Waals surface area contributed by atoms with E-state index in [-0.39, 0.29) is 0 Å². The predicted molar refractivity (Wildman–Crippen MR) is 109 cm³/mol. The van der Waals surface area contributed by atoms with Crippen LogP contribution in [0.2, 0.25) is 0 Å². The molecule has 2 heterocycles. The van der Waals surface area contributed by atoms with Gasteiger partial charge in [-0.3, -0.25) is 4.98 Å². The summed E-state index contributed by atoms with van der Waals surface area (Å²) in [4.78, 5) is 3.84. The van der Waals surface area contributed by atoms with E-state index in [0.717, 1.165) is 39.2 Å². The van der Waals surface area contributed by atoms with Gasteiger partial charge in [0.2, 0.25) is 0 Å². The maximum absolute atomic E-state index is 15.7. The molecule has 6 nitrogen and oxygen atoms in total. The smallest absolute Gasteiger partial charge is 0.323 e. The van der Waals surface area contributed by atoms with Gasteiger partial charge in [0.25, 0.3) is 0 Å². The zero-order valence-corrected chi connectivity index (χ0v) is 17.7. The first kappa shape index (κ1) is 22.0. The fourth-order valence-corrected chi connectivity index (χ4v) is 3.53. The third-order valence-electron chi connectivity index (χ3n) is 4.94. The van der Waals surface area contributed by atoms with Gasteiger partial charge in [-0.1, -0.05) is 34.1 Å². The van der Waals surface area contributed by atoms with Crippen LogP contribution in [0.15, 0.2) is 71.6 Å². The molecule has 0 radical (unpaired) electrons. The second-order valence-electron chi connectivity index (χ2n) is 7.01. The van der Waals surface area contributed by atoms with Crippen molar-refractivity contribution in [1.82, 2.24) is 25.2 Å². The van der Waals surface area contributed by atoms with Crippen LogP contribution in [0.3, 0.4) is 0 Å². The molecule has 0 aliphatic heterocycles. The number of aliphatic hydroxyl groups is 1. The Morgan fingerprint density at radius 1 is 0.969 bits per heavy atom. The van der Waals surface area contributed by atoms with E-state index in [1.54, 1.807) is 24.3 Å². The minimum Gasteiger partial charge on any atom is -0.377 e. The Bertz CT molecular complexity index is 1220. The molecule has 0 amide bonds. The molecule has 1 unspecified atom stereocenters. The highest BCUT2D eigenvalue weighted by Gasteiger charge is 2.57. The average molecular weight is 508 g/mol. The molecule has 0 aliphatic carbocycles. The molecule has 0 fully saturated rings. The maximum Gasteiger partial charge on any atom is 0.323 e. The number of rotatable bonds is 6. The van der Waals surface area contributed by atoms with Gasteiger partial charge >= 0.3 is 5.92 Å². The van der Waals surface area contributed by atoms with Crippen LogP contribution in [-0.2, 0) is 18.1 Å². The van der Waals surface area contributed by atoms with Crippen LogP contribution >= 0.6 is 15.9 Å². The SMILES string of the molecule is OC(Cn1cnnn1)(c1ccc(F)cc1F)C(F)(F)c1ccc(-c2ccc(Br)cc2)cn1. The Morgan fingerprint density at radius 2 is 1.69 bits per heavy atom. The van der Waals surface area contributed by atoms with E-state index in [1.807, 2.05) is 0 Å². The molecule has 0 spiro atoms. The lowest BCUT2D eigenvalue weighted by Gasteiger charge is -2.35. The fourth-order valence-electron chi connectivity index (χ4n) is 3.27. The van der Waals surface area contributed by atoms with Crippen LogP contribution in [0.4, 0.5) is 17.6 Å². The molecule has 11 heteroatoms. The largest absolute Gasteiger partial charge is 0.377 e. The van der Waals surface area contributed by atoms with Crippen molar-refractivity contribution in [3.63, 3.8) is 0 Å². The first-order valence-electron chi connectivity index (χ1n) is 9.20. The van der Waals surface area contributed by atoms with Gasteiger partial charge in [-0.2, -0.15) is 8.78 Å². The number of alkyl halides is 2. The highest BCUT2D eigenvalue weighted by Crippen LogP contribution is 2.46. The molecular formula is C21H14BrF4N5O. The van der Waals surface area contributed by atoms with E-state index in [2.05, 4.69) is 36.4 Å². The number of tetrazole rings is 1. The van der Waals surface area contributed by atoms with Crippen molar-refractivity contribution in [1.29, 1.82) is 0 Å². The summed E-state index contributed by atoms with van der Waals surface area (Å²) in [7, 11) is 0. The van der Waals surface area contributed by atoms with E-state index >= 15 is 8.78 Å². The first-order valence-corrected chi connectivity index (χ1v) is 9.99. The third kappa shape index (κ3) is 4.00. The zero-order valence-electron chi connectivity index (χ0n) is 16.1. The number of pyridine rings is 1. The van der Waals surface area contributed by atoms with Gasteiger partial charge < -0.3 is 5.11 Å². The van der Waals surface area contributed by atoms with Gasteiger partial charge in [0.1, 0.15) is 23.7 Å². The molecule has 32 heavy (non-hydrogen) atoms. The summed E-state index contributed by atoms with van der Waals surface area (Å²) in [6, 6.07) is 11.6. The first-order chi connectivity index (χ1) is 15.2. The minimum atomic E-state index is -4.10. The zero-order chi connectivity index (χ0) is 22.9. The van der Waals surface area contributed by atoms with E-state index in [9.17, 15) is 13.9 Å². The summed E-state index contributed by atoms with van der Waals surface area (Å²) in [6.07, 6.45) is 2.22. The second-order valence-corrected chi connectivity index (χ2v) is 7.92. The van der Waals surface area contributed by atoms with Gasteiger partial charge in [0, 0.05) is 27.9 Å². The molecule has 1 atom stereocenters. The Hall–Kier alpha value is -3.18. The fraction of sp³-hybridized carbons (Fsp3) is 0.143. The molecule has 164 valence electrons. The number of halogens is 5. The lowest BCUT2D eigenvalue weighted by Crippen LogP contribution is -2.48. The van der Waals surface area contributed by atoms with Crippen LogP contribution in [0, 0.1) is 11.6 Å². The average Bonchev–Trinajstić information content (AvgIpc) is 3.27. The second kappa shape index (κ2) is 8.40. The molecule has 0 saturated carbocycles. The van der Waals surface area contributed by atoms with E-state index in [0.29, 0.717) is 11.6 Å². The number of hydrogen-bond donors (Lipinski definition) is 1. The van der Waals surface area contributed by atoms with Crippen LogP contribution in [-0.4, -0.2) is 30.3 Å². The van der Waals surface area contributed by atoms with Crippen LogP contribution in [0.25, 0.3) is 11.1 Å². The van der Waals surface area contributed by atoms with Gasteiger partial charge in [-0.05, 0) is 46.3 Å². The molecule has 0 aliphatic rings. The normalized spacial score (nSPS) is 13.7. The molecule has 4 rings (SSSR count). The minimum absolute atomic E-state index is 0.417. The van der Waals surface area contributed by atoms with Gasteiger partial charge in [0.05, 0.1) is 6.54 Å². The monoisotopic (exact) mass is 507 g/mol. The lowest BCUT2D eigenvalue weighted by molar-refractivity contribution is -0.207. The summed E-state index contributed by atoms with van der Waals surface area (Å²) >= 11 is 3.32. The molecule has 2 aromatic heterocycles. The Balaban J connectivity index is 1.78. The van der Waals surface area contributed by atoms with E-state index in [4.69, 9.17) is 0 Å². The Kier molecular flexibility index (Phi) is 5.78. The van der Waals surface area contributed by atoms with Gasteiger partial charge in [-0.25, -0.2) is 13.5 Å². The standard InChI is InChI=1S/C21H14BrF4N5O/c22-15-4-1-13(2-5-15)14-3-8-19(27-10-14)21(25,26)20(32,11-31-12-28-29-30-31)17-7-6-16(23)9-18(17)24/h1-10,12,32H,11H2. The molecule has 0 bridgehead atoms. The van der Waals surface area contributed by atoms with Gasteiger partial charge in [-0.15, -0.1) is 5.10 Å². The van der Waals surface area contributed by atoms with Crippen molar-refractivity contribution in [2.75, 3.05) is 0 Å². The number of hydrogen-bond acceptors (Lipinski definition) is 5. The predicted octanol–water partition coefficient (Wildman–Crippen LogP) is 4.46. The van der Waals surface area contributed by atoms with Crippen molar-refractivity contribution in [2.45, 2.75) is 18.1 Å².